The predicted molar refractivity (Wildman–Crippen MR) is 149 cm³/mol. The van der Waals surface area contributed by atoms with Gasteiger partial charge < -0.3 is 10.4 Å². The molecule has 4 aromatic rings. The lowest BCUT2D eigenvalue weighted by molar-refractivity contribution is -0.136. The van der Waals surface area contributed by atoms with Gasteiger partial charge in [-0.1, -0.05) is 88.3 Å². The number of fused-ring (bicyclic) bond motifs is 1. The number of rotatable bonds is 13. The normalized spacial score (nSPS) is 11.4. The Hall–Kier alpha value is -3.24. The number of benzene rings is 1. The van der Waals surface area contributed by atoms with Gasteiger partial charge in [-0.25, -0.2) is 14.3 Å². The summed E-state index contributed by atoms with van der Waals surface area (Å²) in [5.74, 6) is -1.42. The summed E-state index contributed by atoms with van der Waals surface area (Å²) >= 11 is 1.84. The molecule has 1 aromatic carbocycles. The topological polar surface area (TPSA) is 79.5 Å². The number of hydrogen-bond acceptors (Lipinski definition) is 5. The summed E-state index contributed by atoms with van der Waals surface area (Å²) in [7, 11) is 0. The van der Waals surface area contributed by atoms with Crippen LogP contribution in [0.2, 0.25) is 0 Å². The Morgan fingerprint density at radius 3 is 2.31 bits per heavy atom. The van der Waals surface area contributed by atoms with E-state index in [1.54, 1.807) is 30.3 Å². The van der Waals surface area contributed by atoms with Gasteiger partial charge in [0.1, 0.15) is 5.56 Å². The summed E-state index contributed by atoms with van der Waals surface area (Å²) in [4.78, 5) is 15.8. The van der Waals surface area contributed by atoms with Crippen LogP contribution in [0.25, 0.3) is 16.9 Å². The van der Waals surface area contributed by atoms with Crippen LogP contribution in [0.1, 0.15) is 79.2 Å². The number of nitrogens with one attached hydrogen (secondary N) is 1. The molecule has 6 nitrogen and oxygen atoms in total. The van der Waals surface area contributed by atoms with Crippen LogP contribution in [0, 0.1) is 0 Å². The average molecular weight is 561 g/mol. The fourth-order valence-electron chi connectivity index (χ4n) is 4.05. The number of thiophene rings is 1. The van der Waals surface area contributed by atoms with Gasteiger partial charge in [0.05, 0.1) is 11.9 Å². The molecule has 0 bridgehead atoms. The van der Waals surface area contributed by atoms with Crippen molar-refractivity contribution < 1.29 is 23.1 Å². The predicted octanol–water partition coefficient (Wildman–Crippen LogP) is 8.09. The third-order valence-electron chi connectivity index (χ3n) is 6.11. The van der Waals surface area contributed by atoms with E-state index in [2.05, 4.69) is 39.8 Å². The van der Waals surface area contributed by atoms with Crippen LogP contribution in [0.4, 0.5) is 13.2 Å². The highest BCUT2D eigenvalue weighted by molar-refractivity contribution is 7.09. The van der Waals surface area contributed by atoms with Crippen molar-refractivity contribution in [2.24, 2.45) is 0 Å². The Labute approximate surface area is 230 Å². The molecule has 10 heteroatoms. The van der Waals surface area contributed by atoms with Crippen LogP contribution < -0.4 is 5.32 Å². The number of imidazole rings is 1. The SMILES string of the molecule is CCCCCCCCCCNCc1cccs1.O=C(O)c1cn2nc(-c3ccccc3)cc(C(F)(F)F)c2n1. The minimum atomic E-state index is -4.67. The summed E-state index contributed by atoms with van der Waals surface area (Å²) in [5.41, 5.74) is -1.50. The average Bonchev–Trinajstić information content (AvgIpc) is 3.60. The molecule has 39 heavy (non-hydrogen) atoms. The highest BCUT2D eigenvalue weighted by atomic mass is 32.1. The van der Waals surface area contributed by atoms with Gasteiger partial charge in [-0.3, -0.25) is 0 Å². The molecule has 0 aliphatic heterocycles. The molecule has 4 rings (SSSR count). The molecule has 210 valence electrons. The Balaban J connectivity index is 0.000000224. The Bertz CT molecular complexity index is 1280. The van der Waals surface area contributed by atoms with Gasteiger partial charge in [0.25, 0.3) is 0 Å². The van der Waals surface area contributed by atoms with E-state index in [1.807, 2.05) is 11.3 Å². The summed E-state index contributed by atoms with van der Waals surface area (Å²) < 4.78 is 40.4. The summed E-state index contributed by atoms with van der Waals surface area (Å²) in [6, 6.07) is 13.5. The molecule has 0 aliphatic rings. The van der Waals surface area contributed by atoms with Crippen LogP contribution in [-0.2, 0) is 12.7 Å². The smallest absolute Gasteiger partial charge is 0.420 e. The van der Waals surface area contributed by atoms with Crippen LogP contribution >= 0.6 is 11.3 Å². The lowest BCUT2D eigenvalue weighted by Gasteiger charge is -2.10. The van der Waals surface area contributed by atoms with E-state index in [0.717, 1.165) is 23.3 Å². The molecule has 0 fully saturated rings. The van der Waals surface area contributed by atoms with Gasteiger partial charge in [0.15, 0.2) is 11.3 Å². The highest BCUT2D eigenvalue weighted by Gasteiger charge is 2.35. The maximum Gasteiger partial charge on any atom is 0.420 e. The molecule has 2 N–H and O–H groups in total. The second-order valence-corrected chi connectivity index (χ2v) is 10.3. The molecule has 0 radical (unpaired) electrons. The van der Waals surface area contributed by atoms with Crippen molar-refractivity contribution in [1.29, 1.82) is 0 Å². The van der Waals surface area contributed by atoms with Crippen LogP contribution in [0.15, 0.2) is 60.1 Å². The number of hydrogen-bond donors (Lipinski definition) is 2. The molecule has 3 aromatic heterocycles. The minimum Gasteiger partial charge on any atom is -0.476 e. The number of alkyl halides is 3. The lowest BCUT2D eigenvalue weighted by Crippen LogP contribution is -2.13. The van der Waals surface area contributed by atoms with Gasteiger partial charge in [-0.2, -0.15) is 18.3 Å². The Kier molecular flexibility index (Phi) is 11.9. The first-order valence-corrected chi connectivity index (χ1v) is 14.2. The van der Waals surface area contributed by atoms with Crippen molar-refractivity contribution in [3.8, 4) is 11.3 Å². The molecule has 0 aliphatic carbocycles. The number of aromatic nitrogens is 3. The zero-order valence-corrected chi connectivity index (χ0v) is 22.9. The number of halogens is 3. The zero-order chi connectivity index (χ0) is 28.1. The number of carbonyl (C=O) groups is 1. The Morgan fingerprint density at radius 2 is 1.69 bits per heavy atom. The first-order valence-electron chi connectivity index (χ1n) is 13.3. The molecular formula is C29H35F3N4O2S. The molecule has 3 heterocycles. The minimum absolute atomic E-state index is 0.0785. The van der Waals surface area contributed by atoms with E-state index in [9.17, 15) is 18.0 Å². The maximum absolute atomic E-state index is 13.2. The van der Waals surface area contributed by atoms with E-state index in [1.165, 1.54) is 62.8 Å². The van der Waals surface area contributed by atoms with Gasteiger partial charge in [0, 0.05) is 17.0 Å². The number of unbranched alkanes of at least 4 members (excludes halogenated alkanes) is 7. The van der Waals surface area contributed by atoms with Crippen LogP contribution in [0.5, 0.6) is 0 Å². The van der Waals surface area contributed by atoms with Crippen molar-refractivity contribution in [3.05, 3.63) is 76.2 Å². The quantitative estimate of drug-likeness (QED) is 0.162. The van der Waals surface area contributed by atoms with Crippen molar-refractivity contribution >= 4 is 23.0 Å². The second-order valence-electron chi connectivity index (χ2n) is 9.24. The highest BCUT2D eigenvalue weighted by Crippen LogP contribution is 2.34. The number of carboxylic acids is 1. The second kappa shape index (κ2) is 15.4. The standard InChI is InChI=1S/C15H27NS.C14H8F3N3O2/c1-2-3-4-5-6-7-8-9-12-16-14-15-11-10-13-17-15;15-14(16,17)9-6-10(8-4-2-1-3-5-8)19-20-7-11(13(21)22)18-12(9)20/h10-11,13,16H,2-9,12,14H2,1H3;1-7H,(H,21,22). The molecule has 0 unspecified atom stereocenters. The monoisotopic (exact) mass is 560 g/mol. The van der Waals surface area contributed by atoms with Crippen molar-refractivity contribution in [1.82, 2.24) is 19.9 Å². The van der Waals surface area contributed by atoms with Crippen LogP contribution in [-0.4, -0.2) is 32.2 Å². The van der Waals surface area contributed by atoms with E-state index in [4.69, 9.17) is 5.11 Å². The first-order chi connectivity index (χ1) is 18.8. The van der Waals surface area contributed by atoms with Gasteiger partial charge in [-0.15, -0.1) is 11.3 Å². The first kappa shape index (κ1) is 30.3. The van der Waals surface area contributed by atoms with Gasteiger partial charge >= 0.3 is 12.1 Å². The van der Waals surface area contributed by atoms with Crippen molar-refractivity contribution in [2.45, 2.75) is 71.0 Å². The molecule has 0 spiro atoms. The van der Waals surface area contributed by atoms with Crippen LogP contribution in [0.3, 0.4) is 0 Å². The molecular weight excluding hydrogens is 525 g/mol. The zero-order valence-electron chi connectivity index (χ0n) is 22.1. The maximum atomic E-state index is 13.2. The molecule has 0 saturated carbocycles. The summed E-state index contributed by atoms with van der Waals surface area (Å²) in [6.45, 7) is 4.50. The third kappa shape index (κ3) is 9.78. The largest absolute Gasteiger partial charge is 0.476 e. The summed E-state index contributed by atoms with van der Waals surface area (Å²) in [5, 5.41) is 18.6. The van der Waals surface area contributed by atoms with E-state index >= 15 is 0 Å². The molecule has 0 amide bonds. The molecule has 0 atom stereocenters. The Morgan fingerprint density at radius 1 is 1.00 bits per heavy atom. The van der Waals surface area contributed by atoms with Crippen molar-refractivity contribution in [2.75, 3.05) is 6.54 Å². The number of carboxylic acid groups (broad SMARTS) is 1. The van der Waals surface area contributed by atoms with E-state index < -0.39 is 29.1 Å². The summed E-state index contributed by atoms with van der Waals surface area (Å²) in [6.07, 6.45) is 7.52. The van der Waals surface area contributed by atoms with E-state index in [-0.39, 0.29) is 5.69 Å². The number of nitrogens with zero attached hydrogens (tertiary/aromatic N) is 3. The van der Waals surface area contributed by atoms with E-state index in [0.29, 0.717) is 5.56 Å². The molecule has 0 saturated heterocycles. The van der Waals surface area contributed by atoms with Crippen molar-refractivity contribution in [3.63, 3.8) is 0 Å². The third-order valence-corrected chi connectivity index (χ3v) is 6.98. The number of aromatic carboxylic acids is 1. The lowest BCUT2D eigenvalue weighted by atomic mass is 10.1. The van der Waals surface area contributed by atoms with Gasteiger partial charge in [-0.05, 0) is 30.5 Å². The van der Waals surface area contributed by atoms with Gasteiger partial charge in [0.2, 0.25) is 0 Å². The fraction of sp³-hybridized carbons (Fsp3) is 0.414. The fourth-order valence-corrected chi connectivity index (χ4v) is 4.72.